The van der Waals surface area contributed by atoms with Gasteiger partial charge in [-0.15, -0.1) is 0 Å². The van der Waals surface area contributed by atoms with Gasteiger partial charge in [-0.1, -0.05) is 29.8 Å². The van der Waals surface area contributed by atoms with Gasteiger partial charge in [-0.3, -0.25) is 24.7 Å². The standard InChI is InChI=1S/C24H28ClN5O5/c1-4-28-20-10-15(21(26)27)6-7-16(20)12-29-23(33)24(34-5-2,35-14(3)31)30-13-17-8-9-18(25)11-19(17)22(30)32/h6-11,28H,4-5,12-13H2,1-3H3,(H3,26,27)(H,29,33)/t24-/m0/s1. The molecule has 11 heteroatoms. The molecule has 0 unspecified atom stereocenters. The Morgan fingerprint density at radius 2 is 1.97 bits per heavy atom. The maximum atomic E-state index is 13.6. The number of amides is 2. The monoisotopic (exact) mass is 501 g/mol. The van der Waals surface area contributed by atoms with Gasteiger partial charge in [-0.25, -0.2) is 0 Å². The van der Waals surface area contributed by atoms with Gasteiger partial charge in [-0.05, 0) is 43.2 Å². The van der Waals surface area contributed by atoms with Gasteiger partial charge in [0.05, 0.1) is 13.2 Å². The summed E-state index contributed by atoms with van der Waals surface area (Å²) in [6.07, 6.45) is 0. The molecule has 5 N–H and O–H groups in total. The topological polar surface area (TPSA) is 147 Å². The van der Waals surface area contributed by atoms with E-state index in [4.69, 9.17) is 32.2 Å². The van der Waals surface area contributed by atoms with E-state index in [2.05, 4.69) is 10.6 Å². The fourth-order valence-corrected chi connectivity index (χ4v) is 4.01. The van der Waals surface area contributed by atoms with Crippen molar-refractivity contribution >= 4 is 40.9 Å². The number of anilines is 1. The number of nitrogens with two attached hydrogens (primary N) is 1. The minimum absolute atomic E-state index is 0.0119. The number of hydrogen-bond acceptors (Lipinski definition) is 7. The first-order valence-corrected chi connectivity index (χ1v) is 11.4. The maximum Gasteiger partial charge on any atom is 0.383 e. The lowest BCUT2D eigenvalue weighted by atomic mass is 10.1. The zero-order chi connectivity index (χ0) is 25.8. The molecule has 0 aliphatic carbocycles. The summed E-state index contributed by atoms with van der Waals surface area (Å²) in [4.78, 5) is 39.9. The fourth-order valence-electron chi connectivity index (χ4n) is 3.84. The highest BCUT2D eigenvalue weighted by Gasteiger charge is 2.54. The minimum Gasteiger partial charge on any atom is -0.405 e. The molecule has 0 saturated carbocycles. The van der Waals surface area contributed by atoms with Crippen LogP contribution in [0.25, 0.3) is 0 Å². The third kappa shape index (κ3) is 5.39. The normalized spacial score (nSPS) is 14.2. The second kappa shape index (κ2) is 10.7. The fraction of sp³-hybridized carbons (Fsp3) is 0.333. The summed E-state index contributed by atoms with van der Waals surface area (Å²) in [6, 6.07) is 9.91. The molecule has 1 heterocycles. The number of carbonyl (C=O) groups excluding carboxylic acids is 3. The number of carbonyl (C=O) groups is 3. The van der Waals surface area contributed by atoms with Gasteiger partial charge in [0.15, 0.2) is 0 Å². The molecule has 0 radical (unpaired) electrons. The number of nitrogens with one attached hydrogen (secondary N) is 3. The van der Waals surface area contributed by atoms with Gasteiger partial charge < -0.3 is 25.8 Å². The van der Waals surface area contributed by atoms with Crippen molar-refractivity contribution in [1.29, 1.82) is 5.41 Å². The first kappa shape index (κ1) is 26.0. The average Bonchev–Trinajstić information content (AvgIpc) is 3.13. The Labute approximate surface area is 208 Å². The van der Waals surface area contributed by atoms with Gasteiger partial charge in [-0.2, -0.15) is 0 Å². The number of halogens is 1. The lowest BCUT2D eigenvalue weighted by molar-refractivity contribution is -0.272. The van der Waals surface area contributed by atoms with E-state index in [1.807, 2.05) is 6.92 Å². The zero-order valence-electron chi connectivity index (χ0n) is 19.7. The molecule has 0 spiro atoms. The molecule has 186 valence electrons. The summed E-state index contributed by atoms with van der Waals surface area (Å²) >= 11 is 6.05. The highest BCUT2D eigenvalue weighted by molar-refractivity contribution is 6.31. The van der Waals surface area contributed by atoms with Gasteiger partial charge in [0.25, 0.3) is 5.91 Å². The maximum absolute atomic E-state index is 13.6. The van der Waals surface area contributed by atoms with Crippen LogP contribution in [0.2, 0.25) is 5.02 Å². The van der Waals surface area contributed by atoms with Crippen LogP contribution in [-0.2, 0) is 32.2 Å². The zero-order valence-corrected chi connectivity index (χ0v) is 20.5. The smallest absolute Gasteiger partial charge is 0.383 e. The predicted molar refractivity (Wildman–Crippen MR) is 131 cm³/mol. The summed E-state index contributed by atoms with van der Waals surface area (Å²) in [5.41, 5.74) is 8.41. The van der Waals surface area contributed by atoms with Gasteiger partial charge >= 0.3 is 17.8 Å². The highest BCUT2D eigenvalue weighted by Crippen LogP contribution is 2.33. The number of esters is 1. The van der Waals surface area contributed by atoms with Crippen LogP contribution in [0, 0.1) is 5.41 Å². The summed E-state index contributed by atoms with van der Waals surface area (Å²) < 4.78 is 11.1. The molecule has 0 bridgehead atoms. The molecule has 35 heavy (non-hydrogen) atoms. The Morgan fingerprint density at radius 3 is 2.60 bits per heavy atom. The molecule has 2 amide bonds. The Kier molecular flexibility index (Phi) is 7.98. The third-order valence-electron chi connectivity index (χ3n) is 5.37. The number of fused-ring (bicyclic) bond motifs is 1. The lowest BCUT2D eigenvalue weighted by Gasteiger charge is -2.37. The van der Waals surface area contributed by atoms with Crippen molar-refractivity contribution in [1.82, 2.24) is 10.2 Å². The molecule has 0 fully saturated rings. The van der Waals surface area contributed by atoms with Crippen LogP contribution in [0.15, 0.2) is 36.4 Å². The van der Waals surface area contributed by atoms with Crippen molar-refractivity contribution in [2.45, 2.75) is 39.8 Å². The van der Waals surface area contributed by atoms with Gasteiger partial charge in [0, 0.05) is 41.9 Å². The SMILES string of the molecule is CCNc1cc(C(=N)N)ccc1CNC(=O)[C@](OCC)(OC(C)=O)N1Cc2ccc(Cl)cc2C1=O. The molecule has 3 rings (SSSR count). The molecule has 1 aliphatic heterocycles. The van der Waals surface area contributed by atoms with Gasteiger partial charge in [0.1, 0.15) is 5.84 Å². The van der Waals surface area contributed by atoms with Crippen LogP contribution in [0.1, 0.15) is 47.8 Å². The Bertz CT molecular complexity index is 1170. The second-order valence-electron chi connectivity index (χ2n) is 7.80. The largest absolute Gasteiger partial charge is 0.405 e. The van der Waals surface area contributed by atoms with Crippen LogP contribution < -0.4 is 16.4 Å². The predicted octanol–water partition coefficient (Wildman–Crippen LogP) is 2.58. The summed E-state index contributed by atoms with van der Waals surface area (Å²) in [6.45, 7) is 5.26. The van der Waals surface area contributed by atoms with Crippen LogP contribution in [0.3, 0.4) is 0 Å². The number of rotatable bonds is 10. The second-order valence-corrected chi connectivity index (χ2v) is 8.24. The van der Waals surface area contributed by atoms with E-state index in [0.717, 1.165) is 11.8 Å². The van der Waals surface area contributed by atoms with E-state index in [-0.39, 0.29) is 25.5 Å². The molecule has 0 saturated heterocycles. The number of hydrogen-bond donors (Lipinski definition) is 4. The summed E-state index contributed by atoms with van der Waals surface area (Å²) in [5, 5.41) is 13.9. The van der Waals surface area contributed by atoms with E-state index in [9.17, 15) is 14.4 Å². The first-order valence-electron chi connectivity index (χ1n) is 11.1. The Hall–Kier alpha value is -3.63. The number of nitrogens with zero attached hydrogens (tertiary/aromatic N) is 1. The molecule has 2 aromatic rings. The minimum atomic E-state index is -2.32. The molecular weight excluding hydrogens is 474 g/mol. The van der Waals surface area contributed by atoms with Crippen molar-refractivity contribution in [3.05, 3.63) is 63.7 Å². The molecule has 2 aromatic carbocycles. The van der Waals surface area contributed by atoms with E-state index < -0.39 is 23.7 Å². The summed E-state index contributed by atoms with van der Waals surface area (Å²) in [5.74, 6) is -4.57. The van der Waals surface area contributed by atoms with Crippen molar-refractivity contribution in [2.75, 3.05) is 18.5 Å². The molecule has 0 aromatic heterocycles. The molecule has 1 aliphatic rings. The summed E-state index contributed by atoms with van der Waals surface area (Å²) in [7, 11) is 0. The molecule has 10 nitrogen and oxygen atoms in total. The third-order valence-corrected chi connectivity index (χ3v) is 5.60. The van der Waals surface area contributed by atoms with Crippen LogP contribution in [-0.4, -0.2) is 47.6 Å². The van der Waals surface area contributed by atoms with Crippen molar-refractivity contribution in [3.8, 4) is 0 Å². The highest BCUT2D eigenvalue weighted by atomic mass is 35.5. The van der Waals surface area contributed by atoms with Gasteiger partial charge in [0.2, 0.25) is 0 Å². The van der Waals surface area contributed by atoms with Crippen LogP contribution in [0.4, 0.5) is 5.69 Å². The Morgan fingerprint density at radius 1 is 1.23 bits per heavy atom. The van der Waals surface area contributed by atoms with Crippen LogP contribution in [0.5, 0.6) is 0 Å². The van der Waals surface area contributed by atoms with E-state index in [1.165, 1.54) is 6.07 Å². The quantitative estimate of drug-likeness (QED) is 0.169. The van der Waals surface area contributed by atoms with E-state index >= 15 is 0 Å². The average molecular weight is 502 g/mol. The lowest BCUT2D eigenvalue weighted by Crippen LogP contribution is -2.63. The van der Waals surface area contributed by atoms with E-state index in [0.29, 0.717) is 39.5 Å². The van der Waals surface area contributed by atoms with Crippen molar-refractivity contribution in [3.63, 3.8) is 0 Å². The molecule has 1 atom stereocenters. The number of nitrogen functional groups attached to an aromatic ring is 1. The number of ether oxygens (including phenoxy) is 2. The number of amidine groups is 1. The molecular formula is C24H28ClN5O5. The first-order chi connectivity index (χ1) is 16.6. The van der Waals surface area contributed by atoms with Crippen molar-refractivity contribution < 1.29 is 23.9 Å². The van der Waals surface area contributed by atoms with Crippen LogP contribution >= 0.6 is 11.6 Å². The Balaban J connectivity index is 1.94. The van der Waals surface area contributed by atoms with Crippen molar-refractivity contribution in [2.24, 2.45) is 5.73 Å². The number of benzene rings is 2. The van der Waals surface area contributed by atoms with E-state index in [1.54, 1.807) is 37.3 Å².